The van der Waals surface area contributed by atoms with E-state index in [1.54, 1.807) is 12.1 Å². The molecular weight excluding hydrogens is 504 g/mol. The lowest BCUT2D eigenvalue weighted by atomic mass is 9.42. The van der Waals surface area contributed by atoms with Gasteiger partial charge in [0, 0.05) is 6.42 Å². The van der Waals surface area contributed by atoms with Crippen LogP contribution in [0.3, 0.4) is 0 Å². The maximum absolute atomic E-state index is 12.8. The summed E-state index contributed by atoms with van der Waals surface area (Å²) in [6, 6.07) is 7.92. The Hall–Kier alpha value is -1.87. The molecule has 3 unspecified atom stereocenters. The molecule has 0 aliphatic heterocycles. The zero-order chi connectivity index (χ0) is 28.0. The zero-order valence-corrected chi connectivity index (χ0v) is 25.2. The van der Waals surface area contributed by atoms with E-state index in [9.17, 15) is 18.5 Å². The highest BCUT2D eigenvalue weighted by molar-refractivity contribution is 7.90. The SMILES string of the molecule is CC[C@H]1CC2C3CC[C@H]([C@H](C)CCC(=O)NS(=O)(=O)c4ccccc4C#N)[C@@]3(C)CCC2[C@@]2(C)CCCC[C@@H]12. The lowest BCUT2D eigenvalue weighted by Crippen LogP contribution is -2.55. The average molecular weight is 553 g/mol. The number of carbonyl (C=O) groups excluding carboxylic acids is 1. The molecule has 0 bridgehead atoms. The second kappa shape index (κ2) is 10.8. The average Bonchev–Trinajstić information content (AvgIpc) is 3.28. The largest absolute Gasteiger partial charge is 0.274 e. The van der Waals surface area contributed by atoms with E-state index in [0.717, 1.165) is 29.6 Å². The van der Waals surface area contributed by atoms with Crippen LogP contribution in [0.2, 0.25) is 0 Å². The predicted molar refractivity (Wildman–Crippen MR) is 154 cm³/mol. The third-order valence-electron chi connectivity index (χ3n) is 12.4. The molecule has 1 amide bonds. The summed E-state index contributed by atoms with van der Waals surface area (Å²) in [6.07, 6.45) is 14.6. The monoisotopic (exact) mass is 552 g/mol. The van der Waals surface area contributed by atoms with Crippen LogP contribution in [0.5, 0.6) is 0 Å². The minimum atomic E-state index is -4.06. The molecule has 1 N–H and O–H groups in total. The van der Waals surface area contributed by atoms with E-state index in [-0.39, 0.29) is 16.9 Å². The molecule has 4 aliphatic carbocycles. The van der Waals surface area contributed by atoms with Gasteiger partial charge in [-0.25, -0.2) is 13.1 Å². The van der Waals surface area contributed by atoms with Crippen molar-refractivity contribution < 1.29 is 13.2 Å². The second-order valence-electron chi connectivity index (χ2n) is 14.0. The van der Waals surface area contributed by atoms with Gasteiger partial charge in [-0.1, -0.05) is 59.1 Å². The number of carbonyl (C=O) groups is 1. The van der Waals surface area contributed by atoms with Gasteiger partial charge in [0.2, 0.25) is 5.91 Å². The van der Waals surface area contributed by atoms with Gasteiger partial charge in [0.15, 0.2) is 0 Å². The van der Waals surface area contributed by atoms with E-state index in [4.69, 9.17) is 0 Å². The van der Waals surface area contributed by atoms with Crippen molar-refractivity contribution in [3.8, 4) is 6.07 Å². The van der Waals surface area contributed by atoms with Crippen molar-refractivity contribution in [3.63, 3.8) is 0 Å². The molecule has 5 rings (SSSR count). The first-order chi connectivity index (χ1) is 18.5. The third-order valence-corrected chi connectivity index (χ3v) is 13.8. The molecule has 9 atom stereocenters. The van der Waals surface area contributed by atoms with Gasteiger partial charge in [0.25, 0.3) is 10.0 Å². The summed E-state index contributed by atoms with van der Waals surface area (Å²) >= 11 is 0. The summed E-state index contributed by atoms with van der Waals surface area (Å²) in [5.41, 5.74) is 0.902. The highest BCUT2D eigenvalue weighted by Crippen LogP contribution is 2.69. The van der Waals surface area contributed by atoms with Crippen molar-refractivity contribution >= 4 is 15.9 Å². The van der Waals surface area contributed by atoms with Gasteiger partial charge in [0.1, 0.15) is 11.0 Å². The van der Waals surface area contributed by atoms with Crippen LogP contribution in [0.1, 0.15) is 110 Å². The first kappa shape index (κ1) is 28.7. The molecule has 0 spiro atoms. The third kappa shape index (κ3) is 4.96. The molecule has 0 heterocycles. The van der Waals surface area contributed by atoms with E-state index in [1.165, 1.54) is 76.3 Å². The number of nitrogens with one attached hydrogen (secondary N) is 1. The van der Waals surface area contributed by atoms with E-state index in [1.807, 2.05) is 6.07 Å². The molecular formula is C33H48N2O3S. The summed E-state index contributed by atoms with van der Waals surface area (Å²) < 4.78 is 27.8. The molecule has 214 valence electrons. The van der Waals surface area contributed by atoms with Gasteiger partial charge in [-0.3, -0.25) is 4.79 Å². The fourth-order valence-corrected chi connectivity index (χ4v) is 11.8. The van der Waals surface area contributed by atoms with Gasteiger partial charge in [-0.2, -0.15) is 5.26 Å². The Morgan fingerprint density at radius 3 is 2.54 bits per heavy atom. The zero-order valence-electron chi connectivity index (χ0n) is 24.4. The number of rotatable bonds is 7. The first-order valence-corrected chi connectivity index (χ1v) is 17.1. The molecule has 0 radical (unpaired) electrons. The quantitative estimate of drug-likeness (QED) is 0.380. The number of nitrogens with zero attached hydrogens (tertiary/aromatic N) is 1. The maximum Gasteiger partial charge on any atom is 0.265 e. The molecule has 5 nitrogen and oxygen atoms in total. The topological polar surface area (TPSA) is 87.0 Å². The standard InChI is InChI=1S/C33H48N2O3S/c1-5-23-20-25-28-15-14-26(33(28,4)19-17-29(25)32(3)18-9-8-11-27(23)32)22(2)13-16-31(36)35-39(37,38)30-12-7-6-10-24(30)21-34/h6-7,10,12,22-23,25-29H,5,8-9,11,13-20H2,1-4H3,(H,35,36)/t22-,23+,25?,26-,27+,28?,29?,32+,33-/m1/s1. The fraction of sp³-hybridized carbons (Fsp3) is 0.758. The van der Waals surface area contributed by atoms with Crippen LogP contribution in [0.4, 0.5) is 0 Å². The van der Waals surface area contributed by atoms with Gasteiger partial charge in [0.05, 0.1) is 5.56 Å². The Labute approximate surface area is 236 Å². The number of hydrogen-bond donors (Lipinski definition) is 1. The molecule has 1 aromatic rings. The smallest absolute Gasteiger partial charge is 0.265 e. The molecule has 4 aliphatic rings. The molecule has 0 saturated heterocycles. The van der Waals surface area contributed by atoms with Crippen molar-refractivity contribution in [3.05, 3.63) is 29.8 Å². The minimum absolute atomic E-state index is 0.0492. The Kier molecular flexibility index (Phi) is 7.96. The Balaban J connectivity index is 1.24. The highest BCUT2D eigenvalue weighted by Gasteiger charge is 2.61. The van der Waals surface area contributed by atoms with Crippen LogP contribution in [0.25, 0.3) is 0 Å². The Morgan fingerprint density at radius 1 is 1.05 bits per heavy atom. The normalized spacial score (nSPS) is 38.5. The molecule has 4 saturated carbocycles. The molecule has 39 heavy (non-hydrogen) atoms. The number of amides is 1. The number of benzene rings is 1. The summed E-state index contributed by atoms with van der Waals surface area (Å²) in [5.74, 6) is 4.80. The van der Waals surface area contributed by atoms with Crippen molar-refractivity contribution in [2.24, 2.45) is 52.3 Å². The van der Waals surface area contributed by atoms with Crippen molar-refractivity contribution in [2.75, 3.05) is 0 Å². The van der Waals surface area contributed by atoms with E-state index < -0.39 is 15.9 Å². The van der Waals surface area contributed by atoms with Crippen LogP contribution in [0.15, 0.2) is 29.2 Å². The van der Waals surface area contributed by atoms with E-state index in [0.29, 0.717) is 29.1 Å². The van der Waals surface area contributed by atoms with Crippen molar-refractivity contribution in [2.45, 2.75) is 110 Å². The summed E-state index contributed by atoms with van der Waals surface area (Å²) in [7, 11) is -4.06. The van der Waals surface area contributed by atoms with Crippen LogP contribution in [-0.4, -0.2) is 14.3 Å². The Morgan fingerprint density at radius 2 is 1.79 bits per heavy atom. The fourth-order valence-electron chi connectivity index (χ4n) is 10.6. The first-order valence-electron chi connectivity index (χ1n) is 15.6. The summed E-state index contributed by atoms with van der Waals surface area (Å²) in [4.78, 5) is 12.6. The number of sulfonamides is 1. The number of fused-ring (bicyclic) bond motifs is 5. The minimum Gasteiger partial charge on any atom is -0.274 e. The molecule has 4 fully saturated rings. The Bertz CT molecular complexity index is 1220. The van der Waals surface area contributed by atoms with Gasteiger partial charge in [-0.15, -0.1) is 0 Å². The van der Waals surface area contributed by atoms with Crippen LogP contribution >= 0.6 is 0 Å². The number of nitriles is 1. The molecule has 6 heteroatoms. The van der Waals surface area contributed by atoms with E-state index >= 15 is 0 Å². The van der Waals surface area contributed by atoms with Crippen molar-refractivity contribution in [1.82, 2.24) is 4.72 Å². The predicted octanol–water partition coefficient (Wildman–Crippen LogP) is 7.46. The van der Waals surface area contributed by atoms with E-state index in [2.05, 4.69) is 32.4 Å². The molecule has 0 aromatic heterocycles. The van der Waals surface area contributed by atoms with Gasteiger partial charge in [-0.05, 0) is 116 Å². The summed E-state index contributed by atoms with van der Waals surface area (Å²) in [6.45, 7) is 9.93. The maximum atomic E-state index is 12.8. The lowest BCUT2D eigenvalue weighted by molar-refractivity contribution is -0.138. The van der Waals surface area contributed by atoms with Crippen LogP contribution in [0, 0.1) is 63.6 Å². The highest BCUT2D eigenvalue weighted by atomic mass is 32.2. The number of hydrogen-bond acceptors (Lipinski definition) is 4. The van der Waals surface area contributed by atoms with Crippen LogP contribution in [-0.2, 0) is 14.8 Å². The van der Waals surface area contributed by atoms with Crippen molar-refractivity contribution in [1.29, 1.82) is 5.26 Å². The second-order valence-corrected chi connectivity index (χ2v) is 15.7. The van der Waals surface area contributed by atoms with Crippen LogP contribution < -0.4 is 4.72 Å². The molecule has 1 aromatic carbocycles. The lowest BCUT2D eigenvalue weighted by Gasteiger charge is -2.63. The summed E-state index contributed by atoms with van der Waals surface area (Å²) in [5, 5.41) is 9.28. The van der Waals surface area contributed by atoms with Gasteiger partial charge < -0.3 is 0 Å². The van der Waals surface area contributed by atoms with Gasteiger partial charge >= 0.3 is 0 Å².